The molecule has 0 aliphatic heterocycles. The van der Waals surface area contributed by atoms with Gasteiger partial charge in [-0.25, -0.2) is 14.4 Å². The summed E-state index contributed by atoms with van der Waals surface area (Å²) in [5.41, 5.74) is 0.693. The molecule has 0 unspecified atom stereocenters. The third-order valence-corrected chi connectivity index (χ3v) is 2.36. The van der Waals surface area contributed by atoms with E-state index in [4.69, 9.17) is 0 Å². The van der Waals surface area contributed by atoms with Crippen LogP contribution >= 0.6 is 15.9 Å². The standard InChI is InChI=1S/C11H7BrFN3O/c12-10-6-14-9(5-15-10)11(17)16-8-3-1-7(13)2-4-8/h1-6H,(H,16,17). The highest BCUT2D eigenvalue weighted by molar-refractivity contribution is 9.10. The molecule has 0 bridgehead atoms. The smallest absolute Gasteiger partial charge is 0.275 e. The van der Waals surface area contributed by atoms with Crippen molar-refractivity contribution in [1.82, 2.24) is 9.97 Å². The summed E-state index contributed by atoms with van der Waals surface area (Å²) in [5, 5.41) is 2.58. The van der Waals surface area contributed by atoms with Gasteiger partial charge in [0.25, 0.3) is 5.91 Å². The van der Waals surface area contributed by atoms with E-state index in [1.807, 2.05) is 0 Å². The zero-order chi connectivity index (χ0) is 12.3. The first-order valence-corrected chi connectivity index (χ1v) is 5.49. The molecule has 0 saturated carbocycles. The van der Waals surface area contributed by atoms with Crippen molar-refractivity contribution in [2.75, 3.05) is 5.32 Å². The van der Waals surface area contributed by atoms with E-state index in [-0.39, 0.29) is 11.5 Å². The number of anilines is 1. The Balaban J connectivity index is 2.11. The number of hydrogen-bond acceptors (Lipinski definition) is 3. The lowest BCUT2D eigenvalue weighted by Crippen LogP contribution is -2.13. The lowest BCUT2D eigenvalue weighted by Gasteiger charge is -2.03. The molecule has 17 heavy (non-hydrogen) atoms. The topological polar surface area (TPSA) is 54.9 Å². The minimum atomic E-state index is -0.392. The first-order valence-electron chi connectivity index (χ1n) is 4.69. The van der Waals surface area contributed by atoms with Crippen molar-refractivity contribution in [2.24, 2.45) is 0 Å². The molecule has 4 nitrogen and oxygen atoms in total. The van der Waals surface area contributed by atoms with Crippen LogP contribution in [-0.2, 0) is 0 Å². The van der Waals surface area contributed by atoms with Crippen LogP contribution in [-0.4, -0.2) is 15.9 Å². The second-order valence-corrected chi connectivity index (χ2v) is 4.00. The maximum Gasteiger partial charge on any atom is 0.275 e. The monoisotopic (exact) mass is 295 g/mol. The van der Waals surface area contributed by atoms with E-state index in [1.165, 1.54) is 36.7 Å². The largest absolute Gasteiger partial charge is 0.321 e. The first kappa shape index (κ1) is 11.7. The molecule has 6 heteroatoms. The predicted molar refractivity (Wildman–Crippen MR) is 64.1 cm³/mol. The molecule has 0 aliphatic rings. The number of hydrogen-bond donors (Lipinski definition) is 1. The van der Waals surface area contributed by atoms with Gasteiger partial charge < -0.3 is 5.32 Å². The molecular weight excluding hydrogens is 289 g/mol. The van der Waals surface area contributed by atoms with E-state index in [9.17, 15) is 9.18 Å². The first-order chi connectivity index (χ1) is 8.15. The third-order valence-electron chi connectivity index (χ3n) is 1.96. The summed E-state index contributed by atoms with van der Waals surface area (Å²) in [4.78, 5) is 19.5. The van der Waals surface area contributed by atoms with Gasteiger partial charge in [-0.3, -0.25) is 4.79 Å². The maximum atomic E-state index is 12.7. The molecule has 0 radical (unpaired) electrons. The molecule has 1 aromatic heterocycles. The summed E-state index contributed by atoms with van der Waals surface area (Å²) in [6.07, 6.45) is 2.78. The van der Waals surface area contributed by atoms with Crippen LogP contribution in [0.15, 0.2) is 41.3 Å². The van der Waals surface area contributed by atoms with Crippen LogP contribution in [0.25, 0.3) is 0 Å². The van der Waals surface area contributed by atoms with Gasteiger partial charge in [-0.2, -0.15) is 0 Å². The molecule has 1 N–H and O–H groups in total. The van der Waals surface area contributed by atoms with Gasteiger partial charge in [-0.15, -0.1) is 0 Å². The molecule has 0 fully saturated rings. The second-order valence-electron chi connectivity index (χ2n) is 3.19. The average molecular weight is 296 g/mol. The molecule has 0 atom stereocenters. The molecule has 2 aromatic rings. The second kappa shape index (κ2) is 5.01. The summed E-state index contributed by atoms with van der Waals surface area (Å²) >= 11 is 3.12. The van der Waals surface area contributed by atoms with Crippen LogP contribution in [0.3, 0.4) is 0 Å². The van der Waals surface area contributed by atoms with E-state index in [2.05, 4.69) is 31.2 Å². The van der Waals surface area contributed by atoms with Crippen LogP contribution in [0.1, 0.15) is 10.5 Å². The molecule has 1 amide bonds. The number of rotatable bonds is 2. The fourth-order valence-electron chi connectivity index (χ4n) is 1.16. The van der Waals surface area contributed by atoms with Gasteiger partial charge in [0.15, 0.2) is 0 Å². The van der Waals surface area contributed by atoms with Crippen molar-refractivity contribution in [3.8, 4) is 0 Å². The molecular formula is C11H7BrFN3O. The van der Waals surface area contributed by atoms with Gasteiger partial charge in [0.1, 0.15) is 16.1 Å². The molecule has 0 saturated heterocycles. The molecule has 0 spiro atoms. The van der Waals surface area contributed by atoms with Crippen molar-refractivity contribution < 1.29 is 9.18 Å². The number of carbonyl (C=O) groups excluding carboxylic acids is 1. The van der Waals surface area contributed by atoms with E-state index in [1.54, 1.807) is 0 Å². The summed E-state index contributed by atoms with van der Waals surface area (Å²) in [6, 6.07) is 5.48. The van der Waals surface area contributed by atoms with E-state index in [0.717, 1.165) is 0 Å². The Bertz CT molecular complexity index is 527. The number of carbonyl (C=O) groups is 1. The van der Waals surface area contributed by atoms with Gasteiger partial charge in [0.05, 0.1) is 12.4 Å². The van der Waals surface area contributed by atoms with Gasteiger partial charge in [0, 0.05) is 5.69 Å². The van der Waals surface area contributed by atoms with Crippen molar-refractivity contribution >= 4 is 27.5 Å². The average Bonchev–Trinajstić information content (AvgIpc) is 2.33. The maximum absolute atomic E-state index is 12.7. The Labute approximate surface area is 105 Å². The SMILES string of the molecule is O=C(Nc1ccc(F)cc1)c1cnc(Br)cn1. The van der Waals surface area contributed by atoms with Crippen LogP contribution in [0.5, 0.6) is 0 Å². The molecule has 2 rings (SSSR count). The summed E-state index contributed by atoms with van der Waals surface area (Å²) in [6.45, 7) is 0. The minimum Gasteiger partial charge on any atom is -0.321 e. The Kier molecular flexibility index (Phi) is 3.43. The van der Waals surface area contributed by atoms with Crippen LogP contribution in [0.2, 0.25) is 0 Å². The lowest BCUT2D eigenvalue weighted by molar-refractivity contribution is 0.102. The molecule has 86 valence electrons. The summed E-state index contributed by atoms with van der Waals surface area (Å²) < 4.78 is 13.2. The van der Waals surface area contributed by atoms with Crippen molar-refractivity contribution in [3.63, 3.8) is 0 Å². The fraction of sp³-hybridized carbons (Fsp3) is 0. The lowest BCUT2D eigenvalue weighted by atomic mass is 10.3. The fourth-order valence-corrected chi connectivity index (χ4v) is 1.36. The van der Waals surface area contributed by atoms with Crippen LogP contribution in [0.4, 0.5) is 10.1 Å². The zero-order valence-electron chi connectivity index (χ0n) is 8.52. The number of aromatic nitrogens is 2. The van der Waals surface area contributed by atoms with Gasteiger partial charge in [-0.05, 0) is 40.2 Å². The summed E-state index contributed by atoms with van der Waals surface area (Å²) in [5.74, 6) is -0.747. The number of amides is 1. The predicted octanol–water partition coefficient (Wildman–Crippen LogP) is 2.63. The number of nitrogens with one attached hydrogen (secondary N) is 1. The Morgan fingerprint density at radius 1 is 1.18 bits per heavy atom. The number of nitrogens with zero attached hydrogens (tertiary/aromatic N) is 2. The summed E-state index contributed by atoms with van der Waals surface area (Å²) in [7, 11) is 0. The Morgan fingerprint density at radius 3 is 2.47 bits per heavy atom. The zero-order valence-corrected chi connectivity index (χ0v) is 10.1. The Hall–Kier alpha value is -1.82. The Morgan fingerprint density at radius 2 is 1.88 bits per heavy atom. The van der Waals surface area contributed by atoms with E-state index >= 15 is 0 Å². The molecule has 1 heterocycles. The van der Waals surface area contributed by atoms with Crippen LogP contribution in [0, 0.1) is 5.82 Å². The van der Waals surface area contributed by atoms with Gasteiger partial charge in [-0.1, -0.05) is 0 Å². The highest BCUT2D eigenvalue weighted by atomic mass is 79.9. The normalized spacial score (nSPS) is 10.0. The van der Waals surface area contributed by atoms with E-state index < -0.39 is 5.91 Å². The van der Waals surface area contributed by atoms with Gasteiger partial charge >= 0.3 is 0 Å². The van der Waals surface area contributed by atoms with Crippen molar-refractivity contribution in [3.05, 3.63) is 52.8 Å². The van der Waals surface area contributed by atoms with Crippen LogP contribution < -0.4 is 5.32 Å². The molecule has 0 aliphatic carbocycles. The van der Waals surface area contributed by atoms with Crippen molar-refractivity contribution in [1.29, 1.82) is 0 Å². The number of halogens is 2. The highest BCUT2D eigenvalue weighted by Crippen LogP contribution is 2.10. The minimum absolute atomic E-state index is 0.192. The quantitative estimate of drug-likeness (QED) is 0.927. The highest BCUT2D eigenvalue weighted by Gasteiger charge is 2.07. The number of benzene rings is 1. The third kappa shape index (κ3) is 3.07. The van der Waals surface area contributed by atoms with Crippen molar-refractivity contribution in [2.45, 2.75) is 0 Å². The van der Waals surface area contributed by atoms with Gasteiger partial charge in [0.2, 0.25) is 0 Å². The molecule has 1 aromatic carbocycles. The van der Waals surface area contributed by atoms with E-state index in [0.29, 0.717) is 10.3 Å².